The normalized spacial score (nSPS) is 14.4. The third-order valence-electron chi connectivity index (χ3n) is 3.12. The van der Waals surface area contributed by atoms with Gasteiger partial charge < -0.3 is 16.0 Å². The molecule has 1 aromatic carbocycles. The maximum atomic E-state index is 13.3. The third kappa shape index (κ3) is 4.81. The molecule has 1 saturated carbocycles. The van der Waals surface area contributed by atoms with Crippen LogP contribution in [0.1, 0.15) is 26.7 Å². The first-order valence-electron chi connectivity index (χ1n) is 7.11. The highest BCUT2D eigenvalue weighted by atomic mass is 19.1. The van der Waals surface area contributed by atoms with E-state index in [2.05, 4.69) is 16.0 Å². The van der Waals surface area contributed by atoms with Crippen molar-refractivity contribution in [3.8, 4) is 0 Å². The molecule has 20 heavy (non-hydrogen) atoms. The van der Waals surface area contributed by atoms with Crippen molar-refractivity contribution >= 4 is 17.3 Å². The van der Waals surface area contributed by atoms with Crippen molar-refractivity contribution in [3.63, 3.8) is 0 Å². The van der Waals surface area contributed by atoms with Crippen molar-refractivity contribution in [1.29, 1.82) is 0 Å². The van der Waals surface area contributed by atoms with Gasteiger partial charge in [-0.15, -0.1) is 0 Å². The molecule has 1 aromatic rings. The van der Waals surface area contributed by atoms with Crippen LogP contribution in [-0.2, 0) is 4.79 Å². The highest BCUT2D eigenvalue weighted by molar-refractivity contribution is 5.95. The van der Waals surface area contributed by atoms with Gasteiger partial charge in [0.15, 0.2) is 0 Å². The minimum absolute atomic E-state index is 0.150. The Morgan fingerprint density at radius 3 is 2.75 bits per heavy atom. The summed E-state index contributed by atoms with van der Waals surface area (Å²) in [7, 11) is 0. The summed E-state index contributed by atoms with van der Waals surface area (Å²) in [5.74, 6) is 0.221. The van der Waals surface area contributed by atoms with E-state index in [4.69, 9.17) is 0 Å². The predicted molar refractivity (Wildman–Crippen MR) is 79.4 cm³/mol. The van der Waals surface area contributed by atoms with E-state index >= 15 is 0 Å². The van der Waals surface area contributed by atoms with Crippen molar-refractivity contribution in [2.45, 2.75) is 32.7 Å². The van der Waals surface area contributed by atoms with Crippen molar-refractivity contribution < 1.29 is 9.18 Å². The topological polar surface area (TPSA) is 53.2 Å². The summed E-state index contributed by atoms with van der Waals surface area (Å²) in [6.07, 6.45) is 2.50. The molecule has 5 heteroatoms. The standard InChI is InChI=1S/C15H22FN3O/c1-10(2)18-13-6-5-12(16)7-14(13)19-15(20)9-17-8-11-3-4-11/h5-7,10-11,17-18H,3-4,8-9H2,1-2H3,(H,19,20). The SMILES string of the molecule is CC(C)Nc1ccc(F)cc1NC(=O)CNCC1CC1. The first-order chi connectivity index (χ1) is 9.54. The van der Waals surface area contributed by atoms with E-state index in [0.717, 1.165) is 18.2 Å². The first-order valence-corrected chi connectivity index (χ1v) is 7.11. The van der Waals surface area contributed by atoms with Crippen molar-refractivity contribution in [3.05, 3.63) is 24.0 Å². The van der Waals surface area contributed by atoms with Gasteiger partial charge in [-0.05, 0) is 57.4 Å². The Balaban J connectivity index is 1.91. The Hall–Kier alpha value is -1.62. The molecule has 4 nitrogen and oxygen atoms in total. The molecular weight excluding hydrogens is 257 g/mol. The third-order valence-corrected chi connectivity index (χ3v) is 3.12. The molecule has 1 amide bonds. The van der Waals surface area contributed by atoms with E-state index in [9.17, 15) is 9.18 Å². The molecule has 1 fully saturated rings. The Morgan fingerprint density at radius 1 is 1.35 bits per heavy atom. The zero-order valence-electron chi connectivity index (χ0n) is 12.0. The molecule has 0 saturated heterocycles. The molecule has 0 atom stereocenters. The van der Waals surface area contributed by atoms with Crippen LogP contribution in [0.4, 0.5) is 15.8 Å². The first kappa shape index (κ1) is 14.8. The molecule has 1 aliphatic carbocycles. The second-order valence-corrected chi connectivity index (χ2v) is 5.61. The molecule has 0 spiro atoms. The van der Waals surface area contributed by atoms with Gasteiger partial charge in [-0.25, -0.2) is 4.39 Å². The minimum Gasteiger partial charge on any atom is -0.381 e. The number of hydrogen-bond donors (Lipinski definition) is 3. The highest BCUT2D eigenvalue weighted by Crippen LogP contribution is 2.27. The van der Waals surface area contributed by atoms with E-state index in [0.29, 0.717) is 5.69 Å². The van der Waals surface area contributed by atoms with Crippen LogP contribution >= 0.6 is 0 Å². The minimum atomic E-state index is -0.361. The lowest BCUT2D eigenvalue weighted by Gasteiger charge is -2.15. The number of amides is 1. The zero-order chi connectivity index (χ0) is 14.5. The second-order valence-electron chi connectivity index (χ2n) is 5.61. The summed E-state index contributed by atoms with van der Waals surface area (Å²) in [6, 6.07) is 4.57. The molecule has 0 heterocycles. The van der Waals surface area contributed by atoms with E-state index in [-0.39, 0.29) is 24.3 Å². The fraction of sp³-hybridized carbons (Fsp3) is 0.533. The molecule has 0 bridgehead atoms. The average molecular weight is 279 g/mol. The van der Waals surface area contributed by atoms with Gasteiger partial charge in [0.2, 0.25) is 5.91 Å². The maximum Gasteiger partial charge on any atom is 0.238 e. The number of carbonyl (C=O) groups excluding carboxylic acids is 1. The largest absolute Gasteiger partial charge is 0.381 e. The summed E-state index contributed by atoms with van der Waals surface area (Å²) in [5, 5.41) is 9.05. The summed E-state index contributed by atoms with van der Waals surface area (Å²) >= 11 is 0. The summed E-state index contributed by atoms with van der Waals surface area (Å²) in [4.78, 5) is 11.8. The Kier molecular flexibility index (Phi) is 4.95. The van der Waals surface area contributed by atoms with E-state index in [1.807, 2.05) is 13.8 Å². The Labute approximate surface area is 119 Å². The van der Waals surface area contributed by atoms with Gasteiger partial charge in [-0.3, -0.25) is 4.79 Å². The molecule has 110 valence electrons. The number of benzene rings is 1. The van der Waals surface area contributed by atoms with Crippen LogP contribution in [0.15, 0.2) is 18.2 Å². The number of rotatable bonds is 7. The molecule has 0 radical (unpaired) electrons. The molecule has 0 unspecified atom stereocenters. The number of anilines is 2. The van der Waals surface area contributed by atoms with Crippen LogP contribution in [0, 0.1) is 11.7 Å². The number of hydrogen-bond acceptors (Lipinski definition) is 3. The second kappa shape index (κ2) is 6.70. The lowest BCUT2D eigenvalue weighted by Crippen LogP contribution is -2.29. The number of halogens is 1. The molecule has 3 N–H and O–H groups in total. The summed E-state index contributed by atoms with van der Waals surface area (Å²) < 4.78 is 13.3. The lowest BCUT2D eigenvalue weighted by atomic mass is 10.2. The van der Waals surface area contributed by atoms with E-state index < -0.39 is 0 Å². The fourth-order valence-electron chi connectivity index (χ4n) is 1.96. The Morgan fingerprint density at radius 2 is 2.10 bits per heavy atom. The maximum absolute atomic E-state index is 13.3. The number of carbonyl (C=O) groups is 1. The van der Waals surface area contributed by atoms with E-state index in [1.54, 1.807) is 6.07 Å². The van der Waals surface area contributed by atoms with Crippen LogP contribution < -0.4 is 16.0 Å². The fourth-order valence-corrected chi connectivity index (χ4v) is 1.96. The van der Waals surface area contributed by atoms with Gasteiger partial charge >= 0.3 is 0 Å². The lowest BCUT2D eigenvalue weighted by molar-refractivity contribution is -0.115. The van der Waals surface area contributed by atoms with Crippen LogP contribution in [0.2, 0.25) is 0 Å². The smallest absolute Gasteiger partial charge is 0.238 e. The summed E-state index contributed by atoms with van der Waals surface area (Å²) in [5.41, 5.74) is 1.22. The van der Waals surface area contributed by atoms with Crippen LogP contribution in [-0.4, -0.2) is 25.0 Å². The Bertz CT molecular complexity index is 472. The van der Waals surface area contributed by atoms with Crippen molar-refractivity contribution in [2.75, 3.05) is 23.7 Å². The highest BCUT2D eigenvalue weighted by Gasteiger charge is 2.20. The van der Waals surface area contributed by atoms with Crippen LogP contribution in [0.3, 0.4) is 0 Å². The zero-order valence-corrected chi connectivity index (χ0v) is 12.0. The van der Waals surface area contributed by atoms with E-state index in [1.165, 1.54) is 25.0 Å². The van der Waals surface area contributed by atoms with Gasteiger partial charge in [0.1, 0.15) is 5.82 Å². The van der Waals surface area contributed by atoms with Gasteiger partial charge in [-0.1, -0.05) is 0 Å². The number of nitrogens with one attached hydrogen (secondary N) is 3. The quantitative estimate of drug-likeness (QED) is 0.719. The van der Waals surface area contributed by atoms with Crippen LogP contribution in [0.25, 0.3) is 0 Å². The van der Waals surface area contributed by atoms with Crippen molar-refractivity contribution in [1.82, 2.24) is 5.32 Å². The van der Waals surface area contributed by atoms with Gasteiger partial charge in [0, 0.05) is 6.04 Å². The molecule has 0 aromatic heterocycles. The average Bonchev–Trinajstić information content (AvgIpc) is 3.16. The molecule has 1 aliphatic rings. The van der Waals surface area contributed by atoms with Crippen LogP contribution in [0.5, 0.6) is 0 Å². The predicted octanol–water partition coefficient (Wildman–Crippen LogP) is 2.58. The van der Waals surface area contributed by atoms with Gasteiger partial charge in [0.25, 0.3) is 0 Å². The van der Waals surface area contributed by atoms with Crippen molar-refractivity contribution in [2.24, 2.45) is 5.92 Å². The molecule has 0 aliphatic heterocycles. The summed E-state index contributed by atoms with van der Waals surface area (Å²) in [6.45, 7) is 5.13. The van der Waals surface area contributed by atoms with Gasteiger partial charge in [0.05, 0.1) is 17.9 Å². The monoisotopic (exact) mass is 279 g/mol. The molecule has 2 rings (SSSR count). The molecular formula is C15H22FN3O. The van der Waals surface area contributed by atoms with Gasteiger partial charge in [-0.2, -0.15) is 0 Å².